The second-order valence-electron chi connectivity index (χ2n) is 7.37. The van der Waals surface area contributed by atoms with Gasteiger partial charge in [-0.2, -0.15) is 13.2 Å². The Morgan fingerprint density at radius 2 is 1.97 bits per heavy atom. The zero-order valence-electron chi connectivity index (χ0n) is 17.7. The van der Waals surface area contributed by atoms with Crippen LogP contribution in [0, 0.1) is 0 Å². The molecule has 33 heavy (non-hydrogen) atoms. The Kier molecular flexibility index (Phi) is 6.49. The number of nitrogens with zero attached hydrogens (tertiary/aromatic N) is 4. The number of fused-ring (bicyclic) bond motifs is 3. The SMILES string of the molecule is CCCn1c2ccccc2c2nnc(SC(C)C(=O)Nc3ccc(Cl)cc3C(F)(F)F)nc21. The van der Waals surface area contributed by atoms with Crippen molar-refractivity contribution in [1.29, 1.82) is 0 Å². The predicted octanol–water partition coefficient (Wildman–Crippen LogP) is 6.18. The molecule has 6 nitrogen and oxygen atoms in total. The van der Waals surface area contributed by atoms with Gasteiger partial charge in [-0.05, 0) is 37.6 Å². The molecular formula is C22H19ClF3N5OS. The molecule has 0 aliphatic heterocycles. The number of halogens is 4. The molecule has 1 unspecified atom stereocenters. The first kappa shape index (κ1) is 23.3. The van der Waals surface area contributed by atoms with Gasteiger partial charge < -0.3 is 9.88 Å². The van der Waals surface area contributed by atoms with Crippen molar-refractivity contribution in [2.45, 2.75) is 43.4 Å². The standard InChI is InChI=1S/C22H19ClF3N5OS/c1-3-10-31-17-7-5-4-6-14(17)18-19(31)28-21(30-29-18)33-12(2)20(32)27-16-9-8-13(23)11-15(16)22(24,25)26/h4-9,11-12H,3,10H2,1-2H3,(H,27,32). The summed E-state index contributed by atoms with van der Waals surface area (Å²) in [7, 11) is 0. The van der Waals surface area contributed by atoms with E-state index in [9.17, 15) is 18.0 Å². The smallest absolute Gasteiger partial charge is 0.325 e. The lowest BCUT2D eigenvalue weighted by Crippen LogP contribution is -2.24. The Bertz CT molecular complexity index is 1340. The number of rotatable bonds is 6. The Morgan fingerprint density at radius 1 is 1.21 bits per heavy atom. The highest BCUT2D eigenvalue weighted by Crippen LogP contribution is 2.37. The van der Waals surface area contributed by atoms with Crippen LogP contribution >= 0.6 is 23.4 Å². The van der Waals surface area contributed by atoms with E-state index in [1.54, 1.807) is 6.92 Å². The average molecular weight is 494 g/mol. The van der Waals surface area contributed by atoms with E-state index in [-0.39, 0.29) is 15.9 Å². The van der Waals surface area contributed by atoms with Crippen LogP contribution in [-0.4, -0.2) is 30.9 Å². The molecule has 0 aliphatic carbocycles. The van der Waals surface area contributed by atoms with Crippen LogP contribution in [-0.2, 0) is 17.5 Å². The van der Waals surface area contributed by atoms with Crippen LogP contribution in [0.25, 0.3) is 22.1 Å². The number of carbonyl (C=O) groups excluding carboxylic acids is 1. The van der Waals surface area contributed by atoms with Gasteiger partial charge in [0.2, 0.25) is 11.1 Å². The topological polar surface area (TPSA) is 72.7 Å². The van der Waals surface area contributed by atoms with Gasteiger partial charge in [-0.25, -0.2) is 4.98 Å². The maximum Gasteiger partial charge on any atom is 0.418 e. The molecule has 172 valence electrons. The predicted molar refractivity (Wildman–Crippen MR) is 124 cm³/mol. The van der Waals surface area contributed by atoms with Crippen molar-refractivity contribution in [3.8, 4) is 0 Å². The lowest BCUT2D eigenvalue weighted by Gasteiger charge is -2.16. The first-order valence-electron chi connectivity index (χ1n) is 10.1. The molecule has 0 radical (unpaired) electrons. The number of benzene rings is 2. The minimum atomic E-state index is -4.66. The Hall–Kier alpha value is -2.85. The van der Waals surface area contributed by atoms with Gasteiger partial charge in [0.15, 0.2) is 5.65 Å². The molecule has 1 amide bonds. The van der Waals surface area contributed by atoms with Crippen molar-refractivity contribution in [2.24, 2.45) is 0 Å². The number of anilines is 1. The molecule has 0 fully saturated rings. The molecule has 0 saturated heterocycles. The molecule has 1 N–H and O–H groups in total. The summed E-state index contributed by atoms with van der Waals surface area (Å²) in [5.41, 5.74) is 0.939. The number of thioether (sulfide) groups is 1. The maximum atomic E-state index is 13.3. The number of carbonyl (C=O) groups is 1. The number of amides is 1. The zero-order valence-corrected chi connectivity index (χ0v) is 19.2. The van der Waals surface area contributed by atoms with E-state index < -0.39 is 22.9 Å². The Labute approximate surface area is 196 Å². The van der Waals surface area contributed by atoms with E-state index >= 15 is 0 Å². The number of aryl methyl sites for hydroxylation is 1. The fourth-order valence-corrected chi connectivity index (χ4v) is 4.38. The van der Waals surface area contributed by atoms with Crippen LogP contribution in [0.1, 0.15) is 25.8 Å². The third-order valence-electron chi connectivity index (χ3n) is 5.00. The maximum absolute atomic E-state index is 13.3. The van der Waals surface area contributed by atoms with Crippen LogP contribution < -0.4 is 5.32 Å². The molecule has 0 aliphatic rings. The lowest BCUT2D eigenvalue weighted by atomic mass is 10.1. The number of nitrogens with one attached hydrogen (secondary N) is 1. The summed E-state index contributed by atoms with van der Waals surface area (Å²) in [6.07, 6.45) is -3.77. The second kappa shape index (κ2) is 9.18. The fraction of sp³-hybridized carbons (Fsp3) is 0.273. The Balaban J connectivity index is 1.59. The summed E-state index contributed by atoms with van der Waals surface area (Å²) in [4.78, 5) is 17.2. The van der Waals surface area contributed by atoms with Crippen molar-refractivity contribution in [3.63, 3.8) is 0 Å². The summed E-state index contributed by atoms with van der Waals surface area (Å²) in [6, 6.07) is 11.0. The summed E-state index contributed by atoms with van der Waals surface area (Å²) >= 11 is 6.72. The number of para-hydroxylation sites is 1. The molecule has 0 saturated carbocycles. The average Bonchev–Trinajstić information content (AvgIpc) is 3.08. The largest absolute Gasteiger partial charge is 0.418 e. The third kappa shape index (κ3) is 4.77. The number of hydrogen-bond donors (Lipinski definition) is 1. The second-order valence-corrected chi connectivity index (χ2v) is 9.12. The highest BCUT2D eigenvalue weighted by atomic mass is 35.5. The van der Waals surface area contributed by atoms with Crippen molar-refractivity contribution < 1.29 is 18.0 Å². The molecule has 1 atom stereocenters. The molecule has 11 heteroatoms. The van der Waals surface area contributed by atoms with Gasteiger partial charge in [0.1, 0.15) is 5.52 Å². The van der Waals surface area contributed by atoms with Gasteiger partial charge in [0, 0.05) is 17.0 Å². The van der Waals surface area contributed by atoms with Gasteiger partial charge in [-0.1, -0.05) is 48.5 Å². The van der Waals surface area contributed by atoms with E-state index in [1.807, 2.05) is 24.3 Å². The minimum Gasteiger partial charge on any atom is -0.325 e. The van der Waals surface area contributed by atoms with E-state index in [1.165, 1.54) is 6.07 Å². The minimum absolute atomic E-state index is 0.0713. The summed E-state index contributed by atoms with van der Waals surface area (Å²) in [6.45, 7) is 4.36. The third-order valence-corrected chi connectivity index (χ3v) is 6.18. The molecule has 2 aromatic heterocycles. The van der Waals surface area contributed by atoms with Gasteiger partial charge in [-0.3, -0.25) is 4.79 Å². The molecule has 2 heterocycles. The van der Waals surface area contributed by atoms with Crippen molar-refractivity contribution in [3.05, 3.63) is 53.1 Å². The van der Waals surface area contributed by atoms with Gasteiger partial charge >= 0.3 is 6.18 Å². The summed E-state index contributed by atoms with van der Waals surface area (Å²) < 4.78 is 42.0. The monoisotopic (exact) mass is 493 g/mol. The van der Waals surface area contributed by atoms with Gasteiger partial charge in [0.05, 0.1) is 22.0 Å². The lowest BCUT2D eigenvalue weighted by molar-refractivity contribution is -0.137. The molecule has 4 rings (SSSR count). The van der Waals surface area contributed by atoms with Crippen molar-refractivity contribution in [2.75, 3.05) is 5.32 Å². The first-order valence-corrected chi connectivity index (χ1v) is 11.4. The van der Waals surface area contributed by atoms with Crippen molar-refractivity contribution in [1.82, 2.24) is 19.7 Å². The normalized spacial score (nSPS) is 12.9. The van der Waals surface area contributed by atoms with E-state index in [0.717, 1.165) is 47.8 Å². The van der Waals surface area contributed by atoms with Crippen LogP contribution in [0.15, 0.2) is 47.6 Å². The van der Waals surface area contributed by atoms with E-state index in [4.69, 9.17) is 11.6 Å². The number of alkyl halides is 3. The van der Waals surface area contributed by atoms with Crippen LogP contribution in [0.3, 0.4) is 0 Å². The number of hydrogen-bond acceptors (Lipinski definition) is 5. The quantitative estimate of drug-likeness (QED) is 0.325. The molecule has 0 bridgehead atoms. The molecule has 4 aromatic rings. The van der Waals surface area contributed by atoms with Gasteiger partial charge in [-0.15, -0.1) is 10.2 Å². The van der Waals surface area contributed by atoms with Crippen LogP contribution in [0.4, 0.5) is 18.9 Å². The highest BCUT2D eigenvalue weighted by Gasteiger charge is 2.34. The van der Waals surface area contributed by atoms with Crippen LogP contribution in [0.5, 0.6) is 0 Å². The number of aromatic nitrogens is 4. The highest BCUT2D eigenvalue weighted by molar-refractivity contribution is 8.00. The van der Waals surface area contributed by atoms with Crippen molar-refractivity contribution >= 4 is 57.0 Å². The fourth-order valence-electron chi connectivity index (χ4n) is 3.50. The first-order chi connectivity index (χ1) is 15.7. The molecule has 2 aromatic carbocycles. The van der Waals surface area contributed by atoms with E-state index in [2.05, 4.69) is 32.0 Å². The summed E-state index contributed by atoms with van der Waals surface area (Å²) in [5.74, 6) is -0.620. The van der Waals surface area contributed by atoms with Gasteiger partial charge in [0.25, 0.3) is 0 Å². The summed E-state index contributed by atoms with van der Waals surface area (Å²) in [5, 5.41) is 11.1. The van der Waals surface area contributed by atoms with E-state index in [0.29, 0.717) is 11.2 Å². The molecular weight excluding hydrogens is 475 g/mol. The zero-order chi connectivity index (χ0) is 23.8. The molecule has 0 spiro atoms. The van der Waals surface area contributed by atoms with Crippen LogP contribution in [0.2, 0.25) is 5.02 Å². The Morgan fingerprint density at radius 3 is 2.70 bits per heavy atom.